The molecule has 1 N–H and O–H groups in total. The van der Waals surface area contributed by atoms with Crippen molar-refractivity contribution in [3.8, 4) is 0 Å². The normalized spacial score (nSPS) is 10.3. The molecule has 0 aromatic heterocycles. The van der Waals surface area contributed by atoms with Gasteiger partial charge in [-0.05, 0) is 41.8 Å². The third-order valence-electron chi connectivity index (χ3n) is 3.47. The number of nitrogens with one attached hydrogen (secondary N) is 1. The van der Waals surface area contributed by atoms with Gasteiger partial charge in [0.15, 0.2) is 0 Å². The van der Waals surface area contributed by atoms with Gasteiger partial charge in [-0.2, -0.15) is 0 Å². The van der Waals surface area contributed by atoms with Crippen LogP contribution >= 0.6 is 11.6 Å². The van der Waals surface area contributed by atoms with Crippen LogP contribution in [0.25, 0.3) is 0 Å². The smallest absolute Gasteiger partial charge is 0.224 e. The van der Waals surface area contributed by atoms with E-state index in [1.54, 1.807) is 12.1 Å². The van der Waals surface area contributed by atoms with Crippen molar-refractivity contribution < 1.29 is 4.79 Å². The summed E-state index contributed by atoms with van der Waals surface area (Å²) in [6.45, 7) is 0.647. The van der Waals surface area contributed by atoms with Crippen LogP contribution in [0, 0.1) is 0 Å². The lowest BCUT2D eigenvalue weighted by Gasteiger charge is -2.12. The number of anilines is 1. The van der Waals surface area contributed by atoms with Crippen molar-refractivity contribution in [2.45, 2.75) is 12.8 Å². The number of hydrogen-bond donors (Lipinski definition) is 1. The Morgan fingerprint density at radius 2 is 1.59 bits per heavy atom. The number of rotatable bonds is 6. The fourth-order valence-electron chi connectivity index (χ4n) is 2.16. The molecule has 0 spiro atoms. The van der Waals surface area contributed by atoms with E-state index < -0.39 is 0 Å². The van der Waals surface area contributed by atoms with E-state index in [-0.39, 0.29) is 5.91 Å². The highest BCUT2D eigenvalue weighted by Gasteiger charge is 2.03. The van der Waals surface area contributed by atoms with E-state index in [4.69, 9.17) is 11.6 Å². The van der Waals surface area contributed by atoms with Gasteiger partial charge in [0.1, 0.15) is 0 Å². The number of hydrogen-bond acceptors (Lipinski definition) is 2. The van der Waals surface area contributed by atoms with Crippen molar-refractivity contribution >= 4 is 23.2 Å². The highest BCUT2D eigenvalue weighted by atomic mass is 35.5. The quantitative estimate of drug-likeness (QED) is 0.887. The Morgan fingerprint density at radius 3 is 2.18 bits per heavy atom. The molecular formula is C18H21ClN2O. The first kappa shape index (κ1) is 16.4. The lowest BCUT2D eigenvalue weighted by atomic mass is 10.1. The molecule has 0 aliphatic carbocycles. The summed E-state index contributed by atoms with van der Waals surface area (Å²) in [6, 6.07) is 15.7. The summed E-state index contributed by atoms with van der Waals surface area (Å²) in [4.78, 5) is 13.9. The maximum Gasteiger partial charge on any atom is 0.224 e. The largest absolute Gasteiger partial charge is 0.378 e. The van der Waals surface area contributed by atoms with Crippen LogP contribution in [-0.2, 0) is 17.6 Å². The van der Waals surface area contributed by atoms with E-state index in [2.05, 4.69) is 34.5 Å². The first-order valence-corrected chi connectivity index (χ1v) is 7.70. The van der Waals surface area contributed by atoms with Gasteiger partial charge in [0, 0.05) is 31.4 Å². The molecule has 3 nitrogen and oxygen atoms in total. The van der Waals surface area contributed by atoms with Crippen molar-refractivity contribution in [1.82, 2.24) is 5.32 Å². The second-order valence-corrected chi connectivity index (χ2v) is 5.90. The Kier molecular flexibility index (Phi) is 5.84. The van der Waals surface area contributed by atoms with Crippen LogP contribution in [0.3, 0.4) is 0 Å². The monoisotopic (exact) mass is 316 g/mol. The van der Waals surface area contributed by atoms with E-state index in [0.29, 0.717) is 18.0 Å². The molecular weight excluding hydrogens is 296 g/mol. The summed E-state index contributed by atoms with van der Waals surface area (Å²) in [7, 11) is 4.04. The lowest BCUT2D eigenvalue weighted by molar-refractivity contribution is -0.120. The molecule has 0 radical (unpaired) electrons. The van der Waals surface area contributed by atoms with Gasteiger partial charge >= 0.3 is 0 Å². The molecule has 0 saturated carbocycles. The van der Waals surface area contributed by atoms with Gasteiger partial charge in [0.2, 0.25) is 5.91 Å². The number of benzene rings is 2. The van der Waals surface area contributed by atoms with Crippen LogP contribution in [-0.4, -0.2) is 26.5 Å². The van der Waals surface area contributed by atoms with Crippen LogP contribution < -0.4 is 10.2 Å². The summed E-state index contributed by atoms with van der Waals surface area (Å²) in [5, 5.41) is 3.63. The summed E-state index contributed by atoms with van der Waals surface area (Å²) in [5.74, 6) is 0.0345. The van der Waals surface area contributed by atoms with Crippen LogP contribution in [0.15, 0.2) is 48.5 Å². The SMILES string of the molecule is CN(C)c1ccc(CCNC(=O)Cc2ccc(Cl)cc2)cc1. The molecule has 0 atom stereocenters. The minimum absolute atomic E-state index is 0.0345. The zero-order chi connectivity index (χ0) is 15.9. The summed E-state index contributed by atoms with van der Waals surface area (Å²) >= 11 is 5.83. The molecule has 0 aliphatic heterocycles. The van der Waals surface area contributed by atoms with Crippen molar-refractivity contribution in [3.63, 3.8) is 0 Å². The third kappa shape index (κ3) is 5.08. The molecule has 4 heteroatoms. The fourth-order valence-corrected chi connectivity index (χ4v) is 2.28. The average molecular weight is 317 g/mol. The summed E-state index contributed by atoms with van der Waals surface area (Å²) in [6.07, 6.45) is 1.22. The topological polar surface area (TPSA) is 32.3 Å². The van der Waals surface area contributed by atoms with Crippen molar-refractivity contribution in [3.05, 3.63) is 64.7 Å². The Labute approximate surface area is 136 Å². The molecule has 2 aromatic carbocycles. The minimum Gasteiger partial charge on any atom is -0.378 e. The molecule has 22 heavy (non-hydrogen) atoms. The van der Waals surface area contributed by atoms with Gasteiger partial charge in [-0.25, -0.2) is 0 Å². The average Bonchev–Trinajstić information content (AvgIpc) is 2.50. The Bertz CT molecular complexity index is 606. The predicted octanol–water partition coefficient (Wildman–Crippen LogP) is 3.31. The number of carbonyl (C=O) groups excluding carboxylic acids is 1. The highest BCUT2D eigenvalue weighted by molar-refractivity contribution is 6.30. The van der Waals surface area contributed by atoms with E-state index in [0.717, 1.165) is 12.0 Å². The molecule has 2 rings (SSSR count). The third-order valence-corrected chi connectivity index (χ3v) is 3.72. The molecule has 0 unspecified atom stereocenters. The highest BCUT2D eigenvalue weighted by Crippen LogP contribution is 2.12. The molecule has 0 fully saturated rings. The maximum atomic E-state index is 11.9. The lowest BCUT2D eigenvalue weighted by Crippen LogP contribution is -2.27. The zero-order valence-electron chi connectivity index (χ0n) is 13.0. The number of carbonyl (C=O) groups is 1. The molecule has 0 heterocycles. The van der Waals surface area contributed by atoms with Crippen molar-refractivity contribution in [2.75, 3.05) is 25.5 Å². The van der Waals surface area contributed by atoms with E-state index in [9.17, 15) is 4.79 Å². The Balaban J connectivity index is 1.75. The van der Waals surface area contributed by atoms with Gasteiger partial charge in [0.25, 0.3) is 0 Å². The van der Waals surface area contributed by atoms with Gasteiger partial charge in [-0.1, -0.05) is 35.9 Å². The van der Waals surface area contributed by atoms with Crippen LogP contribution in [0.4, 0.5) is 5.69 Å². The minimum atomic E-state index is 0.0345. The first-order valence-electron chi connectivity index (χ1n) is 7.32. The van der Waals surface area contributed by atoms with Crippen LogP contribution in [0.5, 0.6) is 0 Å². The number of amides is 1. The standard InChI is InChI=1S/C18H21ClN2O/c1-21(2)17-9-5-14(6-10-17)11-12-20-18(22)13-15-3-7-16(19)8-4-15/h3-10H,11-13H2,1-2H3,(H,20,22). The summed E-state index contributed by atoms with van der Waals surface area (Å²) in [5.41, 5.74) is 3.37. The molecule has 2 aromatic rings. The maximum absolute atomic E-state index is 11.9. The van der Waals surface area contributed by atoms with Crippen molar-refractivity contribution in [1.29, 1.82) is 0 Å². The first-order chi connectivity index (χ1) is 10.5. The fraction of sp³-hybridized carbons (Fsp3) is 0.278. The Morgan fingerprint density at radius 1 is 1.00 bits per heavy atom. The van der Waals surface area contributed by atoms with Gasteiger partial charge in [-0.3, -0.25) is 4.79 Å². The number of halogens is 1. The Hall–Kier alpha value is -2.00. The second kappa shape index (κ2) is 7.85. The van der Waals surface area contributed by atoms with Gasteiger partial charge < -0.3 is 10.2 Å². The molecule has 1 amide bonds. The number of nitrogens with zero attached hydrogens (tertiary/aromatic N) is 1. The summed E-state index contributed by atoms with van der Waals surface area (Å²) < 4.78 is 0. The van der Waals surface area contributed by atoms with Gasteiger partial charge in [0.05, 0.1) is 6.42 Å². The molecule has 0 saturated heterocycles. The van der Waals surface area contributed by atoms with Crippen LogP contribution in [0.2, 0.25) is 5.02 Å². The predicted molar refractivity (Wildman–Crippen MR) is 92.6 cm³/mol. The van der Waals surface area contributed by atoms with E-state index in [1.165, 1.54) is 11.3 Å². The van der Waals surface area contributed by atoms with E-state index in [1.807, 2.05) is 26.2 Å². The zero-order valence-corrected chi connectivity index (χ0v) is 13.7. The van der Waals surface area contributed by atoms with Crippen LogP contribution in [0.1, 0.15) is 11.1 Å². The second-order valence-electron chi connectivity index (χ2n) is 5.46. The molecule has 0 bridgehead atoms. The van der Waals surface area contributed by atoms with E-state index >= 15 is 0 Å². The van der Waals surface area contributed by atoms with Gasteiger partial charge in [-0.15, -0.1) is 0 Å². The van der Waals surface area contributed by atoms with Crippen molar-refractivity contribution in [2.24, 2.45) is 0 Å². The molecule has 116 valence electrons. The molecule has 0 aliphatic rings.